The maximum Gasteiger partial charge on any atom is 0.265 e. The van der Waals surface area contributed by atoms with Crippen molar-refractivity contribution < 1.29 is 13.9 Å². The number of para-hydroxylation sites is 1. The molecule has 0 fully saturated rings. The Morgan fingerprint density at radius 1 is 1.20 bits per heavy atom. The topological polar surface area (TPSA) is 38.3 Å². The van der Waals surface area contributed by atoms with Gasteiger partial charge in [-0.1, -0.05) is 24.3 Å². The maximum atomic E-state index is 13.4. The third-order valence-corrected chi connectivity index (χ3v) is 2.80. The number of amides is 1. The summed E-state index contributed by atoms with van der Waals surface area (Å²) < 4.78 is 19.0. The monoisotopic (exact) mass is 273 g/mol. The molecule has 0 saturated heterocycles. The third kappa shape index (κ3) is 3.57. The first-order valence-corrected chi connectivity index (χ1v) is 6.35. The Labute approximate surface area is 117 Å². The molecule has 0 unspecified atom stereocenters. The number of anilines is 1. The van der Waals surface area contributed by atoms with E-state index in [1.807, 2.05) is 25.1 Å². The quantitative estimate of drug-likeness (QED) is 0.925. The van der Waals surface area contributed by atoms with Crippen molar-refractivity contribution >= 4 is 11.6 Å². The molecule has 104 valence electrons. The molecule has 3 nitrogen and oxygen atoms in total. The Morgan fingerprint density at radius 2 is 1.95 bits per heavy atom. The van der Waals surface area contributed by atoms with E-state index in [1.54, 1.807) is 25.1 Å². The molecule has 0 aliphatic rings. The Kier molecular flexibility index (Phi) is 4.35. The number of carbonyl (C=O) groups excluding carboxylic acids is 1. The number of benzene rings is 2. The van der Waals surface area contributed by atoms with Crippen LogP contribution in [0.25, 0.3) is 0 Å². The molecule has 0 radical (unpaired) electrons. The summed E-state index contributed by atoms with van der Waals surface area (Å²) in [4.78, 5) is 12.0. The van der Waals surface area contributed by atoms with Crippen molar-refractivity contribution in [2.45, 2.75) is 20.0 Å². The highest BCUT2D eigenvalue weighted by Gasteiger charge is 2.16. The van der Waals surface area contributed by atoms with Crippen LogP contribution in [0.3, 0.4) is 0 Å². The van der Waals surface area contributed by atoms with Crippen LogP contribution in [0, 0.1) is 12.7 Å². The zero-order chi connectivity index (χ0) is 14.5. The minimum atomic E-state index is -0.712. The van der Waals surface area contributed by atoms with Gasteiger partial charge in [0, 0.05) is 0 Å². The molecule has 0 aliphatic carbocycles. The normalized spacial score (nSPS) is 11.8. The smallest absolute Gasteiger partial charge is 0.265 e. The molecule has 4 heteroatoms. The number of aryl methyl sites for hydroxylation is 1. The van der Waals surface area contributed by atoms with Gasteiger partial charge in [-0.15, -0.1) is 0 Å². The summed E-state index contributed by atoms with van der Waals surface area (Å²) in [6.45, 7) is 3.56. The van der Waals surface area contributed by atoms with E-state index >= 15 is 0 Å². The standard InChI is InChI=1S/C16H16FNO2/c1-11-6-5-7-13(10-11)20-12(2)16(19)18-15-9-4-3-8-14(15)17/h3-10,12H,1-2H3,(H,18,19)/t12-/m0/s1. The fraction of sp³-hybridized carbons (Fsp3) is 0.188. The number of carbonyl (C=O) groups is 1. The van der Waals surface area contributed by atoms with Gasteiger partial charge in [-0.2, -0.15) is 0 Å². The summed E-state index contributed by atoms with van der Waals surface area (Å²) in [5, 5.41) is 2.51. The third-order valence-electron chi connectivity index (χ3n) is 2.80. The van der Waals surface area contributed by atoms with Crippen LogP contribution in [0.5, 0.6) is 5.75 Å². The van der Waals surface area contributed by atoms with Crippen molar-refractivity contribution in [1.29, 1.82) is 0 Å². The molecule has 1 atom stereocenters. The minimum Gasteiger partial charge on any atom is -0.481 e. The SMILES string of the molecule is Cc1cccc(O[C@@H](C)C(=O)Nc2ccccc2F)c1. The van der Waals surface area contributed by atoms with E-state index in [-0.39, 0.29) is 5.69 Å². The Balaban J connectivity index is 2.01. The van der Waals surface area contributed by atoms with Gasteiger partial charge in [0.15, 0.2) is 6.10 Å². The van der Waals surface area contributed by atoms with E-state index in [1.165, 1.54) is 12.1 Å². The van der Waals surface area contributed by atoms with Crippen molar-refractivity contribution in [3.05, 3.63) is 59.9 Å². The highest BCUT2D eigenvalue weighted by atomic mass is 19.1. The second kappa shape index (κ2) is 6.19. The summed E-state index contributed by atoms with van der Waals surface area (Å²) in [5.41, 5.74) is 1.20. The number of halogens is 1. The molecule has 0 bridgehead atoms. The van der Waals surface area contributed by atoms with Crippen molar-refractivity contribution in [2.24, 2.45) is 0 Å². The van der Waals surface area contributed by atoms with Crippen molar-refractivity contribution in [3.63, 3.8) is 0 Å². The van der Waals surface area contributed by atoms with E-state index in [9.17, 15) is 9.18 Å². The van der Waals surface area contributed by atoms with Gasteiger partial charge in [0.2, 0.25) is 0 Å². The van der Waals surface area contributed by atoms with E-state index in [4.69, 9.17) is 4.74 Å². The molecule has 2 aromatic rings. The van der Waals surface area contributed by atoms with E-state index in [2.05, 4.69) is 5.32 Å². The van der Waals surface area contributed by atoms with Crippen molar-refractivity contribution in [2.75, 3.05) is 5.32 Å². The van der Waals surface area contributed by atoms with Crippen LogP contribution in [0.4, 0.5) is 10.1 Å². The molecule has 2 aromatic carbocycles. The summed E-state index contributed by atoms with van der Waals surface area (Å²) in [6.07, 6.45) is -0.712. The van der Waals surface area contributed by atoms with Crippen LogP contribution in [0.1, 0.15) is 12.5 Å². The Morgan fingerprint density at radius 3 is 2.65 bits per heavy atom. The zero-order valence-electron chi connectivity index (χ0n) is 11.4. The fourth-order valence-electron chi connectivity index (χ4n) is 1.74. The molecular weight excluding hydrogens is 257 g/mol. The first-order chi connectivity index (χ1) is 9.56. The molecule has 0 aromatic heterocycles. The molecule has 1 amide bonds. The highest BCUT2D eigenvalue weighted by Crippen LogP contribution is 2.16. The lowest BCUT2D eigenvalue weighted by Crippen LogP contribution is -2.30. The predicted octanol–water partition coefficient (Wildman–Crippen LogP) is 3.54. The minimum absolute atomic E-state index is 0.150. The van der Waals surface area contributed by atoms with Gasteiger partial charge in [0.1, 0.15) is 11.6 Å². The first kappa shape index (κ1) is 14.1. The van der Waals surface area contributed by atoms with Crippen LogP contribution >= 0.6 is 0 Å². The average Bonchev–Trinajstić information content (AvgIpc) is 2.41. The van der Waals surface area contributed by atoms with Gasteiger partial charge >= 0.3 is 0 Å². The fourth-order valence-corrected chi connectivity index (χ4v) is 1.74. The van der Waals surface area contributed by atoms with E-state index < -0.39 is 17.8 Å². The van der Waals surface area contributed by atoms with Crippen molar-refractivity contribution in [3.8, 4) is 5.75 Å². The molecule has 0 spiro atoms. The van der Waals surface area contributed by atoms with Gasteiger partial charge in [0.25, 0.3) is 5.91 Å². The summed E-state index contributed by atoms with van der Waals surface area (Å²) in [7, 11) is 0. The largest absolute Gasteiger partial charge is 0.481 e. The molecule has 20 heavy (non-hydrogen) atoms. The molecule has 1 N–H and O–H groups in total. The number of nitrogens with one attached hydrogen (secondary N) is 1. The van der Waals surface area contributed by atoms with Gasteiger partial charge in [-0.25, -0.2) is 4.39 Å². The second-order valence-corrected chi connectivity index (χ2v) is 4.55. The van der Waals surface area contributed by atoms with Crippen LogP contribution in [0.2, 0.25) is 0 Å². The predicted molar refractivity (Wildman–Crippen MR) is 76.3 cm³/mol. The van der Waals surface area contributed by atoms with E-state index in [0.29, 0.717) is 5.75 Å². The number of hydrogen-bond donors (Lipinski definition) is 1. The molecule has 0 saturated carbocycles. The number of ether oxygens (including phenoxy) is 1. The second-order valence-electron chi connectivity index (χ2n) is 4.55. The zero-order valence-corrected chi connectivity index (χ0v) is 11.4. The van der Waals surface area contributed by atoms with Crippen LogP contribution in [0.15, 0.2) is 48.5 Å². The summed E-state index contributed by atoms with van der Waals surface area (Å²) >= 11 is 0. The first-order valence-electron chi connectivity index (χ1n) is 6.35. The van der Waals surface area contributed by atoms with Gasteiger partial charge in [0.05, 0.1) is 5.69 Å². The maximum absolute atomic E-state index is 13.4. The molecule has 0 aliphatic heterocycles. The van der Waals surface area contributed by atoms with Crippen LogP contribution in [-0.2, 0) is 4.79 Å². The Hall–Kier alpha value is -2.36. The van der Waals surface area contributed by atoms with Gasteiger partial charge in [-0.05, 0) is 43.7 Å². The van der Waals surface area contributed by atoms with Gasteiger partial charge < -0.3 is 10.1 Å². The average molecular weight is 273 g/mol. The lowest BCUT2D eigenvalue weighted by molar-refractivity contribution is -0.122. The number of hydrogen-bond acceptors (Lipinski definition) is 2. The lowest BCUT2D eigenvalue weighted by Gasteiger charge is -2.15. The summed E-state index contributed by atoms with van der Waals surface area (Å²) in [6, 6.07) is 13.4. The highest BCUT2D eigenvalue weighted by molar-refractivity contribution is 5.94. The molecule has 2 rings (SSSR count). The van der Waals surface area contributed by atoms with E-state index in [0.717, 1.165) is 5.56 Å². The summed E-state index contributed by atoms with van der Waals surface area (Å²) in [5.74, 6) is -0.249. The van der Waals surface area contributed by atoms with Crippen molar-refractivity contribution in [1.82, 2.24) is 0 Å². The molecule has 0 heterocycles. The Bertz CT molecular complexity index is 613. The van der Waals surface area contributed by atoms with Crippen LogP contribution in [-0.4, -0.2) is 12.0 Å². The molecular formula is C16H16FNO2. The lowest BCUT2D eigenvalue weighted by atomic mass is 10.2. The van der Waals surface area contributed by atoms with Crippen LogP contribution < -0.4 is 10.1 Å². The number of rotatable bonds is 4. The van der Waals surface area contributed by atoms with Gasteiger partial charge in [-0.3, -0.25) is 4.79 Å².